The van der Waals surface area contributed by atoms with Crippen LogP contribution in [0.1, 0.15) is 20.2 Å². The maximum atomic E-state index is 12.2. The maximum absolute atomic E-state index is 12.2. The second-order valence-corrected chi connectivity index (χ2v) is 5.96. The van der Waals surface area contributed by atoms with E-state index in [1.165, 1.54) is 12.3 Å². The third-order valence-corrected chi connectivity index (χ3v) is 4.21. The van der Waals surface area contributed by atoms with Crippen molar-refractivity contribution < 1.29 is 9.72 Å². The quantitative estimate of drug-likeness (QED) is 0.569. The summed E-state index contributed by atoms with van der Waals surface area (Å²) in [7, 11) is 0. The number of amides is 1. The third-order valence-electron chi connectivity index (χ3n) is 3.17. The maximum Gasteiger partial charge on any atom is 0.283 e. The Morgan fingerprint density at radius 1 is 1.41 bits per heavy atom. The van der Waals surface area contributed by atoms with Crippen LogP contribution in [0.15, 0.2) is 18.3 Å². The van der Waals surface area contributed by atoms with E-state index < -0.39 is 10.8 Å². The number of carbonyl (C=O) groups is 1. The van der Waals surface area contributed by atoms with E-state index in [9.17, 15) is 14.9 Å². The zero-order valence-corrected chi connectivity index (χ0v) is 12.5. The lowest BCUT2D eigenvalue weighted by Gasteiger charge is -2.02. The molecule has 22 heavy (non-hydrogen) atoms. The second kappa shape index (κ2) is 5.19. The smallest absolute Gasteiger partial charge is 0.283 e. The van der Waals surface area contributed by atoms with Crippen LogP contribution < -0.4 is 5.32 Å². The molecule has 2 N–H and O–H groups in total. The summed E-state index contributed by atoms with van der Waals surface area (Å²) in [6, 6.07) is 3.04. The molecule has 9 heteroatoms. The lowest BCUT2D eigenvalue weighted by molar-refractivity contribution is -0.385. The number of anilines is 1. The van der Waals surface area contributed by atoms with Crippen LogP contribution >= 0.6 is 11.3 Å². The molecule has 3 rings (SSSR count). The summed E-state index contributed by atoms with van der Waals surface area (Å²) in [5.41, 5.74) is 1.88. The topological polar surface area (TPSA) is 114 Å². The summed E-state index contributed by atoms with van der Waals surface area (Å²) in [4.78, 5) is 27.4. The zero-order chi connectivity index (χ0) is 15.9. The zero-order valence-electron chi connectivity index (χ0n) is 11.7. The molecule has 0 aliphatic carbocycles. The standard InChI is InChI=1S/C13H11N5O3S/c1-6-9-3-8(5-14-12(9)17-16-6)15-13(19)11-4-10(18(20)21)7(2)22-11/h3-5H,1-2H3,(H,15,19)(H,14,16,17). The van der Waals surface area contributed by atoms with E-state index in [0.717, 1.165) is 22.4 Å². The van der Waals surface area contributed by atoms with Crippen LogP contribution in [0.2, 0.25) is 0 Å². The van der Waals surface area contributed by atoms with Gasteiger partial charge in [-0.3, -0.25) is 20.0 Å². The minimum atomic E-state index is -0.495. The van der Waals surface area contributed by atoms with Crippen molar-refractivity contribution in [2.45, 2.75) is 13.8 Å². The summed E-state index contributed by atoms with van der Waals surface area (Å²) in [5.74, 6) is -0.400. The highest BCUT2D eigenvalue weighted by molar-refractivity contribution is 7.14. The largest absolute Gasteiger partial charge is 0.320 e. The van der Waals surface area contributed by atoms with Gasteiger partial charge in [0.2, 0.25) is 0 Å². The van der Waals surface area contributed by atoms with Crippen LogP contribution in [0.3, 0.4) is 0 Å². The molecule has 0 aliphatic rings. The number of pyridine rings is 1. The summed E-state index contributed by atoms with van der Waals surface area (Å²) in [5, 5.41) is 21.2. The highest BCUT2D eigenvalue weighted by atomic mass is 32.1. The molecule has 0 spiro atoms. The molecule has 3 aromatic heterocycles. The van der Waals surface area contributed by atoms with Gasteiger partial charge < -0.3 is 5.32 Å². The summed E-state index contributed by atoms with van der Waals surface area (Å²) >= 11 is 1.09. The third kappa shape index (κ3) is 2.42. The van der Waals surface area contributed by atoms with Gasteiger partial charge in [0.1, 0.15) is 0 Å². The number of H-pyrrole nitrogens is 1. The fourth-order valence-corrected chi connectivity index (χ4v) is 2.93. The molecule has 8 nitrogen and oxygen atoms in total. The van der Waals surface area contributed by atoms with E-state index in [2.05, 4.69) is 20.5 Å². The number of hydrogen-bond donors (Lipinski definition) is 2. The lowest BCUT2D eigenvalue weighted by atomic mass is 10.2. The van der Waals surface area contributed by atoms with Gasteiger partial charge in [0.15, 0.2) is 5.65 Å². The molecular weight excluding hydrogens is 306 g/mol. The molecule has 0 radical (unpaired) electrons. The van der Waals surface area contributed by atoms with Crippen LogP contribution in [0, 0.1) is 24.0 Å². The predicted octanol–water partition coefficient (Wildman–Crippen LogP) is 2.80. The molecule has 1 amide bonds. The number of nitro groups is 1. The van der Waals surface area contributed by atoms with Crippen molar-refractivity contribution >= 4 is 39.7 Å². The number of rotatable bonds is 3. The van der Waals surface area contributed by atoms with Crippen LogP contribution in [0.5, 0.6) is 0 Å². The first-order chi connectivity index (χ1) is 10.5. The summed E-state index contributed by atoms with van der Waals surface area (Å²) in [6.45, 7) is 3.47. The van der Waals surface area contributed by atoms with Crippen molar-refractivity contribution in [3.63, 3.8) is 0 Å². The number of fused-ring (bicyclic) bond motifs is 1. The molecule has 0 saturated carbocycles. The normalized spacial score (nSPS) is 10.8. The molecule has 3 aromatic rings. The molecule has 0 fully saturated rings. The van der Waals surface area contributed by atoms with Crippen molar-refractivity contribution in [2.75, 3.05) is 5.32 Å². The molecular formula is C13H11N5O3S. The Balaban J connectivity index is 1.87. The van der Waals surface area contributed by atoms with Gasteiger partial charge in [-0.1, -0.05) is 0 Å². The first-order valence-corrected chi connectivity index (χ1v) is 7.14. The van der Waals surface area contributed by atoms with E-state index in [-0.39, 0.29) is 10.6 Å². The van der Waals surface area contributed by atoms with Crippen molar-refractivity contribution in [1.29, 1.82) is 0 Å². The van der Waals surface area contributed by atoms with Gasteiger partial charge in [0.25, 0.3) is 11.6 Å². The minimum absolute atomic E-state index is 0.0468. The van der Waals surface area contributed by atoms with Crippen LogP contribution in [-0.4, -0.2) is 26.0 Å². The van der Waals surface area contributed by atoms with Crippen molar-refractivity contribution in [2.24, 2.45) is 0 Å². The van der Waals surface area contributed by atoms with Gasteiger partial charge in [0, 0.05) is 17.1 Å². The molecule has 0 atom stereocenters. The fourth-order valence-electron chi connectivity index (χ4n) is 2.05. The van der Waals surface area contributed by atoms with Crippen LogP contribution in [0.4, 0.5) is 11.4 Å². The Morgan fingerprint density at radius 2 is 2.18 bits per heavy atom. The molecule has 0 aliphatic heterocycles. The predicted molar refractivity (Wildman–Crippen MR) is 82.3 cm³/mol. The first kappa shape index (κ1) is 14.1. The summed E-state index contributed by atoms with van der Waals surface area (Å²) < 4.78 is 0. The number of aryl methyl sites for hydroxylation is 2. The molecule has 0 aromatic carbocycles. The minimum Gasteiger partial charge on any atom is -0.320 e. The van der Waals surface area contributed by atoms with Gasteiger partial charge in [0.05, 0.1) is 26.6 Å². The Bertz CT molecular complexity index is 898. The number of hydrogen-bond acceptors (Lipinski definition) is 6. The molecule has 0 unspecified atom stereocenters. The number of carbonyl (C=O) groups excluding carboxylic acids is 1. The Hall–Kier alpha value is -2.81. The van der Waals surface area contributed by atoms with Crippen molar-refractivity contribution in [1.82, 2.24) is 15.2 Å². The van der Waals surface area contributed by atoms with Crippen LogP contribution in [0.25, 0.3) is 11.0 Å². The Morgan fingerprint density at radius 3 is 2.86 bits per heavy atom. The number of nitrogens with zero attached hydrogens (tertiary/aromatic N) is 3. The van der Waals surface area contributed by atoms with E-state index in [1.54, 1.807) is 13.0 Å². The molecule has 3 heterocycles. The molecule has 112 valence electrons. The van der Waals surface area contributed by atoms with Crippen molar-refractivity contribution in [3.8, 4) is 0 Å². The van der Waals surface area contributed by atoms with Gasteiger partial charge in [-0.2, -0.15) is 5.10 Å². The van der Waals surface area contributed by atoms with Gasteiger partial charge in [-0.05, 0) is 19.9 Å². The van der Waals surface area contributed by atoms with E-state index in [1.807, 2.05) is 6.92 Å². The van der Waals surface area contributed by atoms with Gasteiger partial charge >= 0.3 is 0 Å². The molecule has 0 bridgehead atoms. The highest BCUT2D eigenvalue weighted by Gasteiger charge is 2.19. The van der Waals surface area contributed by atoms with Gasteiger partial charge in [-0.15, -0.1) is 11.3 Å². The van der Waals surface area contributed by atoms with Crippen molar-refractivity contribution in [3.05, 3.63) is 43.9 Å². The summed E-state index contributed by atoms with van der Waals surface area (Å²) in [6.07, 6.45) is 1.50. The van der Waals surface area contributed by atoms with Gasteiger partial charge in [-0.25, -0.2) is 4.98 Å². The lowest BCUT2D eigenvalue weighted by Crippen LogP contribution is -2.10. The average Bonchev–Trinajstić information content (AvgIpc) is 3.03. The Kier molecular flexibility index (Phi) is 3.33. The van der Waals surface area contributed by atoms with E-state index >= 15 is 0 Å². The highest BCUT2D eigenvalue weighted by Crippen LogP contribution is 2.28. The average molecular weight is 317 g/mol. The first-order valence-electron chi connectivity index (χ1n) is 6.32. The van der Waals surface area contributed by atoms with E-state index in [0.29, 0.717) is 16.2 Å². The number of thiophene rings is 1. The number of aromatic amines is 1. The SMILES string of the molecule is Cc1sc(C(=O)Nc2cnc3n[nH]c(C)c3c2)cc1[N+](=O)[O-]. The second-order valence-electron chi connectivity index (χ2n) is 4.71. The van der Waals surface area contributed by atoms with E-state index in [4.69, 9.17) is 0 Å². The molecule has 0 saturated heterocycles. The monoisotopic (exact) mass is 317 g/mol. The number of aromatic nitrogens is 3. The Labute approximate surface area is 128 Å². The fraction of sp³-hybridized carbons (Fsp3) is 0.154. The van der Waals surface area contributed by atoms with Crippen LogP contribution in [-0.2, 0) is 0 Å². The number of nitrogens with one attached hydrogen (secondary N) is 2.